The van der Waals surface area contributed by atoms with E-state index in [1.54, 1.807) is 6.33 Å². The van der Waals surface area contributed by atoms with Crippen molar-refractivity contribution in [2.75, 3.05) is 0 Å². The van der Waals surface area contributed by atoms with Crippen LogP contribution >= 0.6 is 0 Å². The molecule has 0 aliphatic carbocycles. The van der Waals surface area contributed by atoms with Gasteiger partial charge in [-0.1, -0.05) is 102 Å². The number of benzene rings is 3. The van der Waals surface area contributed by atoms with Gasteiger partial charge in [0.25, 0.3) is 0 Å². The summed E-state index contributed by atoms with van der Waals surface area (Å²) in [4.78, 5) is 4.37. The molecule has 0 spiro atoms. The summed E-state index contributed by atoms with van der Waals surface area (Å²) in [5.41, 5.74) is 3.05. The molecule has 0 unspecified atom stereocenters. The van der Waals surface area contributed by atoms with E-state index in [2.05, 4.69) is 41.4 Å². The minimum atomic E-state index is -2.19. The van der Waals surface area contributed by atoms with Gasteiger partial charge in [-0.3, -0.25) is 0 Å². The fourth-order valence-corrected chi connectivity index (χ4v) is 4.12. The molecule has 1 aromatic heterocycles. The monoisotopic (exact) mass is 416 g/mol. The first-order valence-corrected chi connectivity index (χ1v) is 10.2. The number of rotatable bonds is 6. The molecule has 0 radical (unpaired) electrons. The summed E-state index contributed by atoms with van der Waals surface area (Å²) >= 11 is 0. The first kappa shape index (κ1) is 21.1. The maximum absolute atomic E-state index is 11.2. The molecule has 0 bridgehead atoms. The van der Waals surface area contributed by atoms with E-state index < -0.39 is 16.2 Å². The van der Waals surface area contributed by atoms with Crippen LogP contribution in [0.15, 0.2) is 104 Å². The molecule has 0 fully saturated rings. The first-order chi connectivity index (χ1) is 13.7. The average Bonchev–Trinajstić information content (AvgIpc) is 3.19. The van der Waals surface area contributed by atoms with Gasteiger partial charge in [0.1, 0.15) is 5.54 Å². The Hall–Kier alpha value is -2.65. The maximum atomic E-state index is 11.2. The van der Waals surface area contributed by atoms with Gasteiger partial charge in [0, 0.05) is 11.9 Å². The number of imidazole rings is 1. The van der Waals surface area contributed by atoms with Gasteiger partial charge in [0.2, 0.25) is 0 Å². The molecular weight excluding hydrogens is 395 g/mol. The predicted molar refractivity (Wildman–Crippen MR) is 118 cm³/mol. The van der Waals surface area contributed by atoms with E-state index in [1.165, 1.54) is 0 Å². The molecule has 0 saturated carbocycles. The molecule has 1 heterocycles. The molecule has 0 N–H and O–H groups in total. The number of nitrogens with zero attached hydrogens (tertiary/aromatic N) is 2. The normalized spacial score (nSPS) is 11.2. The van der Waals surface area contributed by atoms with Gasteiger partial charge in [-0.15, -0.1) is 0 Å². The van der Waals surface area contributed by atoms with Crippen LogP contribution < -0.4 is 0 Å². The Bertz CT molecular complexity index is 1020. The molecule has 4 aromatic rings. The molecule has 0 amide bonds. The third-order valence-corrected chi connectivity index (χ3v) is 5.40. The Morgan fingerprint density at radius 2 is 1.14 bits per heavy atom. The van der Waals surface area contributed by atoms with Crippen molar-refractivity contribution in [3.05, 3.63) is 126 Å². The molecule has 0 saturated heterocycles. The second-order valence-corrected chi connectivity index (χ2v) is 7.43. The molecular formula is C23H21AlN2O2S. The van der Waals surface area contributed by atoms with E-state index in [0.29, 0.717) is 5.69 Å². The van der Waals surface area contributed by atoms with E-state index >= 15 is 0 Å². The molecule has 0 aliphatic heterocycles. The molecule has 4 rings (SSSR count). The van der Waals surface area contributed by atoms with Crippen molar-refractivity contribution in [1.29, 1.82) is 0 Å². The zero-order chi connectivity index (χ0) is 19.4. The molecule has 0 atom stereocenters. The van der Waals surface area contributed by atoms with Crippen LogP contribution in [-0.4, -0.2) is 26.9 Å². The topological polar surface area (TPSA) is 52.0 Å². The van der Waals surface area contributed by atoms with Crippen molar-refractivity contribution in [2.45, 2.75) is 11.3 Å². The van der Waals surface area contributed by atoms with Crippen LogP contribution in [0.1, 0.15) is 22.4 Å². The van der Waals surface area contributed by atoms with Crippen molar-refractivity contribution in [1.82, 2.24) is 9.55 Å². The van der Waals surface area contributed by atoms with E-state index in [0.717, 1.165) is 16.7 Å². The van der Waals surface area contributed by atoms with Crippen molar-refractivity contribution in [2.24, 2.45) is 0 Å². The molecule has 29 heavy (non-hydrogen) atoms. The number of hydrogen-bond donors (Lipinski definition) is 0. The van der Waals surface area contributed by atoms with Crippen LogP contribution in [0.25, 0.3) is 0 Å². The first-order valence-electron chi connectivity index (χ1n) is 8.97. The standard InChI is InChI=1S/C23H19N2O2S.Al.2H/c26-28(27)17-22-16-25(18-24-22)23(19-10-4-1-5-11-19,20-12-6-2-7-13-20)21-14-8-3-9-15-21;;;/h1-16,18H,17H2;;;/q-1;+1;;. The molecule has 6 heteroatoms. The van der Waals surface area contributed by atoms with Gasteiger partial charge < -0.3 is 13.0 Å². The zero-order valence-electron chi connectivity index (χ0n) is 16.1. The van der Waals surface area contributed by atoms with E-state index in [-0.39, 0.29) is 23.1 Å². The van der Waals surface area contributed by atoms with Crippen LogP contribution in [0.5, 0.6) is 0 Å². The SMILES string of the molecule is O=[S-](=O)Cc1cn(C(c2ccccc2)(c2ccccc2)c2ccccc2)cn1.[AlH2+]. The van der Waals surface area contributed by atoms with Gasteiger partial charge in [-0.25, -0.2) is 4.98 Å². The Morgan fingerprint density at radius 1 is 0.724 bits per heavy atom. The fraction of sp³-hybridized carbons (Fsp3) is 0.0870. The average molecular weight is 416 g/mol. The molecule has 4 nitrogen and oxygen atoms in total. The van der Waals surface area contributed by atoms with E-state index in [4.69, 9.17) is 0 Å². The zero-order valence-corrected chi connectivity index (χ0v) is 19.0. The van der Waals surface area contributed by atoms with Crippen molar-refractivity contribution in [3.8, 4) is 0 Å². The Balaban J connectivity index is 0.00000240. The van der Waals surface area contributed by atoms with Gasteiger partial charge in [-0.2, -0.15) is 0 Å². The van der Waals surface area contributed by atoms with E-state index in [9.17, 15) is 8.42 Å². The summed E-state index contributed by atoms with van der Waals surface area (Å²) in [6, 6.07) is 30.6. The van der Waals surface area contributed by atoms with Gasteiger partial charge in [0.15, 0.2) is 0 Å². The van der Waals surface area contributed by atoms with Crippen molar-refractivity contribution < 1.29 is 8.42 Å². The molecule has 0 aliphatic rings. The molecule has 3 aromatic carbocycles. The third-order valence-electron chi connectivity index (χ3n) is 4.86. The second-order valence-electron chi connectivity index (χ2n) is 6.53. The second kappa shape index (κ2) is 9.23. The minimum absolute atomic E-state index is 0. The van der Waals surface area contributed by atoms with Crippen LogP contribution in [-0.2, 0) is 30.4 Å². The number of hydrogen-bond acceptors (Lipinski definition) is 4. The summed E-state index contributed by atoms with van der Waals surface area (Å²) in [6.07, 6.45) is 3.54. The Labute approximate surface area is 183 Å². The van der Waals surface area contributed by atoms with Crippen molar-refractivity contribution >= 4 is 28.1 Å². The fourth-order valence-electron chi connectivity index (χ4n) is 3.73. The van der Waals surface area contributed by atoms with E-state index in [1.807, 2.05) is 65.4 Å². The number of aromatic nitrogens is 2. The van der Waals surface area contributed by atoms with Gasteiger partial charge >= 0.3 is 17.4 Å². The van der Waals surface area contributed by atoms with Gasteiger partial charge in [0.05, 0.1) is 6.33 Å². The van der Waals surface area contributed by atoms with Crippen LogP contribution in [0, 0.1) is 0 Å². The van der Waals surface area contributed by atoms with Gasteiger partial charge in [-0.05, 0) is 22.4 Å². The van der Waals surface area contributed by atoms with Crippen molar-refractivity contribution in [3.63, 3.8) is 0 Å². The third kappa shape index (κ3) is 4.06. The summed E-state index contributed by atoms with van der Waals surface area (Å²) in [5, 5.41) is 0. The van der Waals surface area contributed by atoms with Crippen LogP contribution in [0.2, 0.25) is 0 Å². The quantitative estimate of drug-likeness (QED) is 0.274. The van der Waals surface area contributed by atoms with Crippen LogP contribution in [0.3, 0.4) is 0 Å². The summed E-state index contributed by atoms with van der Waals surface area (Å²) < 4.78 is 24.4. The Morgan fingerprint density at radius 3 is 1.52 bits per heavy atom. The molecule has 144 valence electrons. The van der Waals surface area contributed by atoms with Crippen LogP contribution in [0.4, 0.5) is 0 Å². The predicted octanol–water partition coefficient (Wildman–Crippen LogP) is 3.62. The summed E-state index contributed by atoms with van der Waals surface area (Å²) in [5.74, 6) is -0.110. The Kier molecular flexibility index (Phi) is 6.71. The summed E-state index contributed by atoms with van der Waals surface area (Å²) in [6.45, 7) is 0. The summed E-state index contributed by atoms with van der Waals surface area (Å²) in [7, 11) is -2.19.